The Bertz CT molecular complexity index is 405. The van der Waals surface area contributed by atoms with Crippen molar-refractivity contribution < 1.29 is 9.53 Å². The number of hydrogen-bond acceptors (Lipinski definition) is 4. The van der Waals surface area contributed by atoms with Crippen LogP contribution in [0.25, 0.3) is 5.57 Å². The molecule has 1 aromatic heterocycles. The molecule has 1 N–H and O–H groups in total. The Hall–Kier alpha value is -1.36. The van der Waals surface area contributed by atoms with Crippen LogP contribution in [0.2, 0.25) is 0 Å². The van der Waals surface area contributed by atoms with Gasteiger partial charge >= 0.3 is 5.97 Å². The zero-order chi connectivity index (χ0) is 12.0. The normalized spacial score (nSPS) is 11.1. The zero-order valence-electron chi connectivity index (χ0n) is 9.16. The zero-order valence-corrected chi connectivity index (χ0v) is 10.7. The van der Waals surface area contributed by atoms with E-state index in [9.17, 15) is 4.79 Å². The van der Waals surface area contributed by atoms with Crippen LogP contribution in [0, 0.1) is 0 Å². The van der Waals surface area contributed by atoms with Crippen molar-refractivity contribution in [1.82, 2.24) is 10.3 Å². The van der Waals surface area contributed by atoms with Crippen molar-refractivity contribution in [3.63, 3.8) is 0 Å². The van der Waals surface area contributed by atoms with E-state index in [0.717, 1.165) is 4.47 Å². The molecule has 0 radical (unpaired) electrons. The van der Waals surface area contributed by atoms with Gasteiger partial charge in [0.2, 0.25) is 0 Å². The molecule has 0 aromatic carbocycles. The third kappa shape index (κ3) is 3.34. The summed E-state index contributed by atoms with van der Waals surface area (Å²) in [5, 5.41) is 2.82. The second kappa shape index (κ2) is 6.27. The molecule has 0 saturated heterocycles. The number of esters is 1. The number of pyridine rings is 1. The molecule has 0 unspecified atom stereocenters. The summed E-state index contributed by atoms with van der Waals surface area (Å²) >= 11 is 3.31. The van der Waals surface area contributed by atoms with Gasteiger partial charge in [0.15, 0.2) is 0 Å². The van der Waals surface area contributed by atoms with Gasteiger partial charge in [-0.05, 0) is 28.9 Å². The maximum absolute atomic E-state index is 11.7. The highest BCUT2D eigenvalue weighted by molar-refractivity contribution is 9.10. The molecular formula is C11H13BrN2O2. The topological polar surface area (TPSA) is 51.2 Å². The summed E-state index contributed by atoms with van der Waals surface area (Å²) in [5.74, 6) is -0.364. The standard InChI is InChI=1S/C11H13BrN2O2/c1-3-16-11(15)10(7-13-2)8-4-9(12)6-14-5-8/h4-7,13H,3H2,1-2H3. The minimum Gasteiger partial charge on any atom is -0.462 e. The van der Waals surface area contributed by atoms with Crippen LogP contribution in [0.4, 0.5) is 0 Å². The second-order valence-electron chi connectivity index (χ2n) is 2.96. The fourth-order valence-electron chi connectivity index (χ4n) is 1.17. The summed E-state index contributed by atoms with van der Waals surface area (Å²) in [7, 11) is 1.73. The van der Waals surface area contributed by atoms with E-state index in [1.54, 1.807) is 32.6 Å². The molecule has 0 spiro atoms. The van der Waals surface area contributed by atoms with Crippen molar-refractivity contribution >= 4 is 27.5 Å². The lowest BCUT2D eigenvalue weighted by atomic mass is 10.1. The Kier molecular flexibility index (Phi) is 4.98. The minimum absolute atomic E-state index is 0.349. The highest BCUT2D eigenvalue weighted by atomic mass is 79.9. The second-order valence-corrected chi connectivity index (χ2v) is 3.87. The number of aromatic nitrogens is 1. The molecule has 1 heterocycles. The van der Waals surface area contributed by atoms with Gasteiger partial charge in [-0.1, -0.05) is 0 Å². The first-order valence-electron chi connectivity index (χ1n) is 4.84. The Morgan fingerprint density at radius 2 is 2.38 bits per heavy atom. The van der Waals surface area contributed by atoms with Gasteiger partial charge in [-0.25, -0.2) is 4.79 Å². The third-order valence-corrected chi connectivity index (χ3v) is 2.23. The van der Waals surface area contributed by atoms with Crippen LogP contribution in [0.15, 0.2) is 29.1 Å². The number of ether oxygens (including phenoxy) is 1. The van der Waals surface area contributed by atoms with E-state index in [4.69, 9.17) is 4.74 Å². The van der Waals surface area contributed by atoms with Crippen LogP contribution in [-0.2, 0) is 9.53 Å². The lowest BCUT2D eigenvalue weighted by Gasteiger charge is -2.07. The van der Waals surface area contributed by atoms with Gasteiger partial charge in [0, 0.05) is 35.7 Å². The molecule has 0 aliphatic rings. The lowest BCUT2D eigenvalue weighted by molar-refractivity contribution is -0.136. The molecular weight excluding hydrogens is 272 g/mol. The third-order valence-electron chi connectivity index (χ3n) is 1.80. The predicted molar refractivity (Wildman–Crippen MR) is 65.6 cm³/mol. The molecule has 86 valence electrons. The molecule has 4 nitrogen and oxygen atoms in total. The molecule has 0 aliphatic carbocycles. The van der Waals surface area contributed by atoms with Gasteiger partial charge in [-0.15, -0.1) is 0 Å². The number of carbonyl (C=O) groups is 1. The summed E-state index contributed by atoms with van der Waals surface area (Å²) in [6, 6.07) is 1.81. The van der Waals surface area contributed by atoms with Crippen molar-refractivity contribution in [2.75, 3.05) is 13.7 Å². The molecule has 0 atom stereocenters. The van der Waals surface area contributed by atoms with E-state index < -0.39 is 0 Å². The van der Waals surface area contributed by atoms with E-state index in [2.05, 4.69) is 26.2 Å². The molecule has 1 rings (SSSR count). The van der Waals surface area contributed by atoms with Crippen LogP contribution in [-0.4, -0.2) is 24.6 Å². The van der Waals surface area contributed by atoms with Gasteiger partial charge < -0.3 is 10.1 Å². The van der Waals surface area contributed by atoms with Crippen molar-refractivity contribution in [3.8, 4) is 0 Å². The van der Waals surface area contributed by atoms with Crippen molar-refractivity contribution in [3.05, 3.63) is 34.7 Å². The smallest absolute Gasteiger partial charge is 0.340 e. The quantitative estimate of drug-likeness (QED) is 0.678. The number of nitrogens with one attached hydrogen (secondary N) is 1. The number of carbonyl (C=O) groups excluding carboxylic acids is 1. The van der Waals surface area contributed by atoms with Gasteiger partial charge in [-0.2, -0.15) is 0 Å². The Balaban J connectivity index is 3.03. The Morgan fingerprint density at radius 1 is 1.62 bits per heavy atom. The minimum atomic E-state index is -0.364. The average molecular weight is 285 g/mol. The van der Waals surface area contributed by atoms with Crippen LogP contribution in [0.3, 0.4) is 0 Å². The Labute approximate surface area is 103 Å². The lowest BCUT2D eigenvalue weighted by Crippen LogP contribution is -2.10. The predicted octanol–water partition coefficient (Wildman–Crippen LogP) is 1.97. The summed E-state index contributed by atoms with van der Waals surface area (Å²) in [5.41, 5.74) is 1.17. The first kappa shape index (κ1) is 12.7. The molecule has 0 fully saturated rings. The Morgan fingerprint density at radius 3 is 2.94 bits per heavy atom. The van der Waals surface area contributed by atoms with Gasteiger partial charge in [-0.3, -0.25) is 4.98 Å². The largest absolute Gasteiger partial charge is 0.462 e. The van der Waals surface area contributed by atoms with Crippen LogP contribution < -0.4 is 5.32 Å². The molecule has 16 heavy (non-hydrogen) atoms. The van der Waals surface area contributed by atoms with Crippen molar-refractivity contribution in [2.24, 2.45) is 0 Å². The molecule has 0 saturated carbocycles. The average Bonchev–Trinajstić information content (AvgIpc) is 2.26. The van der Waals surface area contributed by atoms with Gasteiger partial charge in [0.25, 0.3) is 0 Å². The van der Waals surface area contributed by atoms with E-state index >= 15 is 0 Å². The van der Waals surface area contributed by atoms with Crippen molar-refractivity contribution in [2.45, 2.75) is 6.92 Å². The monoisotopic (exact) mass is 284 g/mol. The van der Waals surface area contributed by atoms with E-state index in [1.807, 2.05) is 6.07 Å². The van der Waals surface area contributed by atoms with Crippen LogP contribution >= 0.6 is 15.9 Å². The number of rotatable bonds is 4. The van der Waals surface area contributed by atoms with E-state index in [-0.39, 0.29) is 5.97 Å². The highest BCUT2D eigenvalue weighted by Crippen LogP contribution is 2.18. The summed E-state index contributed by atoms with van der Waals surface area (Å²) in [6.07, 6.45) is 4.87. The number of halogens is 1. The molecule has 5 heteroatoms. The fraction of sp³-hybridized carbons (Fsp3) is 0.273. The van der Waals surface area contributed by atoms with E-state index in [1.165, 1.54) is 0 Å². The summed E-state index contributed by atoms with van der Waals surface area (Å²) < 4.78 is 5.78. The van der Waals surface area contributed by atoms with E-state index in [0.29, 0.717) is 17.7 Å². The van der Waals surface area contributed by atoms with Crippen molar-refractivity contribution in [1.29, 1.82) is 0 Å². The molecule has 0 aliphatic heterocycles. The summed E-state index contributed by atoms with van der Waals surface area (Å²) in [6.45, 7) is 2.12. The number of hydrogen-bond donors (Lipinski definition) is 1. The molecule has 0 amide bonds. The van der Waals surface area contributed by atoms with Gasteiger partial charge in [0.1, 0.15) is 0 Å². The highest BCUT2D eigenvalue weighted by Gasteiger charge is 2.13. The maximum atomic E-state index is 11.7. The SMILES string of the molecule is CCOC(=O)C(=CNC)c1cncc(Br)c1. The fourth-order valence-corrected chi connectivity index (χ4v) is 1.54. The molecule has 1 aromatic rings. The van der Waals surface area contributed by atoms with Crippen LogP contribution in [0.5, 0.6) is 0 Å². The van der Waals surface area contributed by atoms with Gasteiger partial charge in [0.05, 0.1) is 12.2 Å². The molecule has 0 bridgehead atoms. The first-order chi connectivity index (χ1) is 7.69. The van der Waals surface area contributed by atoms with Crippen LogP contribution in [0.1, 0.15) is 12.5 Å². The number of nitrogens with zero attached hydrogens (tertiary/aromatic N) is 1. The maximum Gasteiger partial charge on any atom is 0.340 e. The summed E-state index contributed by atoms with van der Waals surface area (Å²) in [4.78, 5) is 15.7. The first-order valence-corrected chi connectivity index (χ1v) is 5.63.